The Morgan fingerprint density at radius 2 is 1.00 bits per heavy atom. The average Bonchev–Trinajstić information content (AvgIpc) is 0. The van der Waals surface area contributed by atoms with Gasteiger partial charge in [-0.3, -0.25) is 0 Å². The van der Waals surface area contributed by atoms with Crippen molar-refractivity contribution < 1.29 is 66.5 Å². The van der Waals surface area contributed by atoms with Crippen molar-refractivity contribution in [3.05, 3.63) is 0 Å². The van der Waals surface area contributed by atoms with Gasteiger partial charge in [0, 0.05) is 61.0 Å². The van der Waals surface area contributed by atoms with Gasteiger partial charge in [0.25, 0.3) is 0 Å². The van der Waals surface area contributed by atoms with Crippen LogP contribution in [0.5, 0.6) is 0 Å². The van der Waals surface area contributed by atoms with Gasteiger partial charge in [0.05, 0.1) is 0 Å². The van der Waals surface area contributed by atoms with E-state index in [1.54, 1.807) is 0 Å². The maximum Gasteiger partial charge on any atom is 0 e. The summed E-state index contributed by atoms with van der Waals surface area (Å²) in [4.78, 5) is 0. The summed E-state index contributed by atoms with van der Waals surface area (Å²) < 4.78 is 0. The molecule has 0 saturated heterocycles. The van der Waals surface area contributed by atoms with Gasteiger partial charge in [0.15, 0.2) is 0 Å². The van der Waals surface area contributed by atoms with E-state index in [4.69, 9.17) is 0 Å². The van der Waals surface area contributed by atoms with Crippen LogP contribution in [-0.2, 0) is 21.1 Å². The molecule has 20 valence electrons. The molecule has 4 heteroatoms. The Hall–Kier alpha value is 3.54. The Bertz CT molecular complexity index is 8.00. The van der Waals surface area contributed by atoms with Gasteiger partial charge < -0.3 is 5.48 Å². The second kappa shape index (κ2) is 16.0. The summed E-state index contributed by atoms with van der Waals surface area (Å²) in [7, 11) is 0. The van der Waals surface area contributed by atoms with E-state index in [0.717, 1.165) is 0 Å². The predicted octanol–water partition coefficient (Wildman–Crippen LogP) is -0.828. The summed E-state index contributed by atoms with van der Waals surface area (Å²) in [6.07, 6.45) is 0. The molecular formula is H2BaOThW. The molecule has 0 amide bonds. The molecule has 0 aliphatic heterocycles. The molecule has 0 saturated carbocycles. The maximum absolute atomic E-state index is 0. The van der Waals surface area contributed by atoms with Gasteiger partial charge in [0.1, 0.15) is 0 Å². The summed E-state index contributed by atoms with van der Waals surface area (Å²) in [5, 5.41) is 0. The molecule has 0 unspecified atom stereocenters. The van der Waals surface area contributed by atoms with Crippen molar-refractivity contribution in [1.29, 1.82) is 0 Å². The van der Waals surface area contributed by atoms with Crippen LogP contribution in [0.3, 0.4) is 0 Å². The molecule has 0 spiro atoms. The minimum absolute atomic E-state index is 0. The first kappa shape index (κ1) is 25.7. The summed E-state index contributed by atoms with van der Waals surface area (Å²) in [5.74, 6) is 0. The summed E-state index contributed by atoms with van der Waals surface area (Å²) in [6, 6.07) is 0. The molecule has 0 aromatic rings. The minimum atomic E-state index is 0. The van der Waals surface area contributed by atoms with Crippen molar-refractivity contribution in [3.8, 4) is 0 Å². The van der Waals surface area contributed by atoms with Gasteiger partial charge in [-0.25, -0.2) is 0 Å². The fourth-order valence-electron chi connectivity index (χ4n) is 0. The Morgan fingerprint density at radius 1 is 1.00 bits per heavy atom. The molecule has 0 aliphatic carbocycles. The van der Waals surface area contributed by atoms with Gasteiger partial charge in [-0.1, -0.05) is 0 Å². The number of rotatable bonds is 0. The summed E-state index contributed by atoms with van der Waals surface area (Å²) in [5.41, 5.74) is 0. The topological polar surface area (TPSA) is 30.0 Å². The third kappa shape index (κ3) is 9.11. The SMILES string of the molecule is [BaH+].[OH-].[Th].[W]. The number of hydrogen-bond donors (Lipinski definition) is 0. The zero-order chi connectivity index (χ0) is 0. The van der Waals surface area contributed by atoms with Crippen molar-refractivity contribution in [2.24, 2.45) is 0 Å². The van der Waals surface area contributed by atoms with Crippen LogP contribution in [0.15, 0.2) is 0 Å². The fraction of sp³-hybridized carbons (Fsp3) is 0. The second-order valence-electron chi connectivity index (χ2n) is 0. The predicted molar refractivity (Wildman–Crippen MR) is 9.08 cm³/mol. The van der Waals surface area contributed by atoms with Crippen LogP contribution in [0.4, 0.5) is 0 Å². The molecule has 4 heavy (non-hydrogen) atoms. The monoisotopic (exact) mass is 572 g/mol. The van der Waals surface area contributed by atoms with Gasteiger partial charge >= 0.3 is 48.9 Å². The molecule has 0 bridgehead atoms. The van der Waals surface area contributed by atoms with Crippen LogP contribution in [0.1, 0.15) is 0 Å². The van der Waals surface area contributed by atoms with Crippen LogP contribution in [0.25, 0.3) is 0 Å². The van der Waals surface area contributed by atoms with Gasteiger partial charge in [0.2, 0.25) is 0 Å². The van der Waals surface area contributed by atoms with Gasteiger partial charge in [-0.05, 0) is 0 Å². The first-order chi connectivity index (χ1) is 0. The number of hydrogen-bond acceptors (Lipinski definition) is 1. The maximum atomic E-state index is 0. The zero-order valence-corrected chi connectivity index (χ0v) is 15.7. The van der Waals surface area contributed by atoms with Crippen LogP contribution in [0.2, 0.25) is 0 Å². The average molecular weight is 571 g/mol. The van der Waals surface area contributed by atoms with Crippen molar-refractivity contribution >= 4 is 48.9 Å². The third-order valence-corrected chi connectivity index (χ3v) is 0. The Morgan fingerprint density at radius 3 is 1.00 bits per heavy atom. The first-order valence-corrected chi connectivity index (χ1v) is 0. The molecule has 0 aromatic heterocycles. The van der Waals surface area contributed by atoms with Crippen molar-refractivity contribution in [3.63, 3.8) is 0 Å². The quantitative estimate of drug-likeness (QED) is 0.350. The van der Waals surface area contributed by atoms with Crippen molar-refractivity contribution in [2.75, 3.05) is 0 Å². The molecule has 0 rings (SSSR count). The first-order valence-electron chi connectivity index (χ1n) is 0. The van der Waals surface area contributed by atoms with Crippen LogP contribution < -0.4 is 0 Å². The molecule has 0 fully saturated rings. The van der Waals surface area contributed by atoms with Crippen LogP contribution in [0, 0.1) is 39.9 Å². The third-order valence-electron chi connectivity index (χ3n) is 0. The minimum Gasteiger partial charge on any atom is -0.870 e. The molecule has 0 atom stereocenters. The molecule has 0 radical (unpaired) electrons. The molecular weight excluding hydrogens is 569 g/mol. The Labute approximate surface area is 112 Å². The van der Waals surface area contributed by atoms with E-state index >= 15 is 0 Å². The van der Waals surface area contributed by atoms with E-state index < -0.39 is 0 Å². The van der Waals surface area contributed by atoms with E-state index in [2.05, 4.69) is 0 Å². The van der Waals surface area contributed by atoms with Crippen LogP contribution >= 0.6 is 0 Å². The molecule has 1 nitrogen and oxygen atoms in total. The summed E-state index contributed by atoms with van der Waals surface area (Å²) in [6.45, 7) is 0. The normalized spacial score (nSPS) is 0. The largest absolute Gasteiger partial charge is 0.870 e. The molecule has 0 aromatic carbocycles. The van der Waals surface area contributed by atoms with E-state index in [0.29, 0.717) is 0 Å². The van der Waals surface area contributed by atoms with Gasteiger partial charge in [-0.2, -0.15) is 0 Å². The van der Waals surface area contributed by atoms with Crippen molar-refractivity contribution in [1.82, 2.24) is 0 Å². The van der Waals surface area contributed by atoms with E-state index in [1.165, 1.54) is 0 Å². The summed E-state index contributed by atoms with van der Waals surface area (Å²) >= 11 is 0. The van der Waals surface area contributed by atoms with Crippen molar-refractivity contribution in [2.45, 2.75) is 0 Å². The Kier molecular flexibility index (Phi) is 103. The van der Waals surface area contributed by atoms with Gasteiger partial charge in [-0.15, -0.1) is 0 Å². The Balaban J connectivity index is 0. The van der Waals surface area contributed by atoms with E-state index in [9.17, 15) is 0 Å². The van der Waals surface area contributed by atoms with E-state index in [-0.39, 0.29) is 115 Å². The standard InChI is InChI=1S/Ba.H2O.Th.W.H/h;1H2;;;/q+1;;;;/p-1. The molecule has 0 aliphatic rings. The molecule has 0 heterocycles. The zero-order valence-electron chi connectivity index (χ0n) is 2.36. The van der Waals surface area contributed by atoms with E-state index in [1.807, 2.05) is 0 Å². The fourth-order valence-corrected chi connectivity index (χ4v) is 0. The second-order valence-corrected chi connectivity index (χ2v) is 0. The smallest absolute Gasteiger partial charge is 0 e. The molecule has 1 N–H and O–H groups in total. The van der Waals surface area contributed by atoms with Crippen LogP contribution in [-0.4, -0.2) is 54.4 Å².